The number of nitrogens with zero attached hydrogens (tertiary/aromatic N) is 1. The number of rotatable bonds is 2. The summed E-state index contributed by atoms with van der Waals surface area (Å²) in [6.45, 7) is 1.83. The number of benzene rings is 1. The molecular formula is C15H13NO5S. The summed E-state index contributed by atoms with van der Waals surface area (Å²) in [6, 6.07) is 8.02. The van der Waals surface area contributed by atoms with Crippen molar-refractivity contribution in [2.24, 2.45) is 0 Å². The number of ether oxygens (including phenoxy) is 1. The molecule has 1 aliphatic rings. The lowest BCUT2D eigenvalue weighted by Gasteiger charge is -2.20. The Morgan fingerprint density at radius 1 is 1.32 bits per heavy atom. The average Bonchev–Trinajstić information content (AvgIpc) is 2.52. The van der Waals surface area contributed by atoms with E-state index in [9.17, 15) is 13.2 Å². The predicted molar refractivity (Wildman–Crippen MR) is 78.2 cm³/mol. The summed E-state index contributed by atoms with van der Waals surface area (Å²) < 4.78 is 34.3. The minimum Gasteiger partial charge on any atom is -0.465 e. The highest BCUT2D eigenvalue weighted by Gasteiger charge is 2.33. The molecule has 0 saturated heterocycles. The molecule has 0 radical (unpaired) electrons. The van der Waals surface area contributed by atoms with Crippen molar-refractivity contribution < 1.29 is 22.1 Å². The lowest BCUT2D eigenvalue weighted by Crippen LogP contribution is -2.19. The molecule has 0 bridgehead atoms. The van der Waals surface area contributed by atoms with Crippen molar-refractivity contribution in [3.05, 3.63) is 41.6 Å². The third kappa shape index (κ3) is 2.14. The van der Waals surface area contributed by atoms with Gasteiger partial charge in [-0.05, 0) is 24.6 Å². The van der Waals surface area contributed by atoms with E-state index < -0.39 is 16.1 Å². The van der Waals surface area contributed by atoms with E-state index in [0.717, 1.165) is 0 Å². The van der Waals surface area contributed by atoms with Gasteiger partial charge in [0.1, 0.15) is 4.90 Å². The van der Waals surface area contributed by atoms with Crippen molar-refractivity contribution in [1.82, 2.24) is 4.98 Å². The molecule has 0 saturated carbocycles. The van der Waals surface area contributed by atoms with Gasteiger partial charge in [-0.2, -0.15) is 8.42 Å². The zero-order chi connectivity index (χ0) is 15.9. The van der Waals surface area contributed by atoms with Crippen LogP contribution in [0.5, 0.6) is 5.75 Å². The largest absolute Gasteiger partial charge is 0.465 e. The SMILES string of the molecule is CCc1nc2c(cc1C(=O)OC)S(=O)(=O)Oc1ccccc1-2. The zero-order valence-electron chi connectivity index (χ0n) is 12.0. The number of esters is 1. The summed E-state index contributed by atoms with van der Waals surface area (Å²) in [4.78, 5) is 16.1. The summed E-state index contributed by atoms with van der Waals surface area (Å²) in [5.41, 5.74) is 1.50. The van der Waals surface area contributed by atoms with Gasteiger partial charge in [-0.15, -0.1) is 0 Å². The van der Waals surface area contributed by atoms with E-state index in [0.29, 0.717) is 23.4 Å². The van der Waals surface area contributed by atoms with Gasteiger partial charge in [-0.3, -0.25) is 4.98 Å². The molecule has 0 atom stereocenters. The van der Waals surface area contributed by atoms with E-state index in [2.05, 4.69) is 4.98 Å². The zero-order valence-corrected chi connectivity index (χ0v) is 12.8. The number of carbonyl (C=O) groups is 1. The second-order valence-electron chi connectivity index (χ2n) is 4.71. The van der Waals surface area contributed by atoms with Crippen LogP contribution in [-0.2, 0) is 21.3 Å². The van der Waals surface area contributed by atoms with E-state index in [1.807, 2.05) is 6.92 Å². The minimum atomic E-state index is -4.01. The number of carbonyl (C=O) groups excluding carboxylic acids is 1. The van der Waals surface area contributed by atoms with Crippen LogP contribution in [0.1, 0.15) is 23.0 Å². The standard InChI is InChI=1S/C15H13NO5S/c1-3-11-10(15(17)20-2)8-13-14(16-11)9-6-4-5-7-12(9)21-22(13,18)19/h4-8H,3H2,1-2H3. The minimum absolute atomic E-state index is 0.121. The molecule has 22 heavy (non-hydrogen) atoms. The third-order valence-corrected chi connectivity index (χ3v) is 4.67. The maximum Gasteiger partial charge on any atom is 0.341 e. The Hall–Kier alpha value is -2.41. The van der Waals surface area contributed by atoms with Gasteiger partial charge in [0.15, 0.2) is 5.75 Å². The van der Waals surface area contributed by atoms with Crippen molar-refractivity contribution in [2.45, 2.75) is 18.2 Å². The number of fused-ring (bicyclic) bond motifs is 3. The fourth-order valence-corrected chi connectivity index (χ4v) is 3.50. The van der Waals surface area contributed by atoms with Crippen molar-refractivity contribution in [3.63, 3.8) is 0 Å². The van der Waals surface area contributed by atoms with Gasteiger partial charge in [-0.25, -0.2) is 4.79 Å². The fraction of sp³-hybridized carbons (Fsp3) is 0.200. The molecule has 1 aromatic carbocycles. The van der Waals surface area contributed by atoms with E-state index >= 15 is 0 Å². The lowest BCUT2D eigenvalue weighted by atomic mass is 10.1. The van der Waals surface area contributed by atoms with Crippen LogP contribution in [0.15, 0.2) is 35.2 Å². The molecule has 1 aliphatic heterocycles. The summed E-state index contributed by atoms with van der Waals surface area (Å²) in [6.07, 6.45) is 0.473. The first-order valence-corrected chi connectivity index (χ1v) is 8.05. The Labute approximate surface area is 127 Å². The number of methoxy groups -OCH3 is 1. The van der Waals surface area contributed by atoms with Gasteiger partial charge in [-0.1, -0.05) is 19.1 Å². The molecule has 0 amide bonds. The Bertz CT molecular complexity index is 873. The van der Waals surface area contributed by atoms with Crippen LogP contribution >= 0.6 is 0 Å². The van der Waals surface area contributed by atoms with E-state index in [4.69, 9.17) is 8.92 Å². The average molecular weight is 319 g/mol. The first-order chi connectivity index (χ1) is 10.5. The van der Waals surface area contributed by atoms with Crippen molar-refractivity contribution >= 4 is 16.1 Å². The van der Waals surface area contributed by atoms with Crippen LogP contribution in [0.4, 0.5) is 0 Å². The number of aromatic nitrogens is 1. The highest BCUT2D eigenvalue weighted by Crippen LogP contribution is 2.40. The van der Waals surface area contributed by atoms with Crippen LogP contribution in [0, 0.1) is 0 Å². The van der Waals surface area contributed by atoms with Gasteiger partial charge in [0.05, 0.1) is 24.1 Å². The quantitative estimate of drug-likeness (QED) is 0.623. The second-order valence-corrected chi connectivity index (χ2v) is 6.22. The summed E-state index contributed by atoms with van der Waals surface area (Å²) in [7, 11) is -2.78. The molecule has 114 valence electrons. The lowest BCUT2D eigenvalue weighted by molar-refractivity contribution is 0.0598. The van der Waals surface area contributed by atoms with Crippen LogP contribution in [0.2, 0.25) is 0 Å². The molecule has 0 N–H and O–H groups in total. The van der Waals surface area contributed by atoms with Gasteiger partial charge in [0.25, 0.3) is 0 Å². The Balaban J connectivity index is 2.35. The van der Waals surface area contributed by atoms with Crippen molar-refractivity contribution in [2.75, 3.05) is 7.11 Å². The Morgan fingerprint density at radius 3 is 2.73 bits per heavy atom. The molecule has 2 aromatic rings. The predicted octanol–water partition coefficient (Wildman–Crippen LogP) is 2.18. The molecule has 7 heteroatoms. The highest BCUT2D eigenvalue weighted by molar-refractivity contribution is 7.87. The third-order valence-electron chi connectivity index (χ3n) is 3.42. The first-order valence-electron chi connectivity index (χ1n) is 6.64. The van der Waals surface area contributed by atoms with E-state index in [1.165, 1.54) is 13.2 Å². The summed E-state index contributed by atoms with van der Waals surface area (Å²) in [5, 5.41) is 0. The topological polar surface area (TPSA) is 82.6 Å². The Morgan fingerprint density at radius 2 is 2.05 bits per heavy atom. The molecule has 2 heterocycles. The molecule has 0 aliphatic carbocycles. The van der Waals surface area contributed by atoms with Crippen LogP contribution in [-0.4, -0.2) is 26.5 Å². The fourth-order valence-electron chi connectivity index (χ4n) is 2.37. The molecular weight excluding hydrogens is 306 g/mol. The molecule has 0 spiro atoms. The number of hydrogen-bond acceptors (Lipinski definition) is 6. The van der Waals surface area contributed by atoms with Crippen LogP contribution < -0.4 is 4.18 Å². The monoisotopic (exact) mass is 319 g/mol. The van der Waals surface area contributed by atoms with Gasteiger partial charge in [0.2, 0.25) is 0 Å². The Kier molecular flexibility index (Phi) is 3.37. The normalized spacial score (nSPS) is 14.5. The van der Waals surface area contributed by atoms with Gasteiger partial charge in [0, 0.05) is 5.56 Å². The molecule has 0 fully saturated rings. The highest BCUT2D eigenvalue weighted by atomic mass is 32.2. The van der Waals surface area contributed by atoms with Crippen LogP contribution in [0.25, 0.3) is 11.3 Å². The molecule has 3 rings (SSSR count). The molecule has 6 nitrogen and oxygen atoms in total. The number of hydrogen-bond donors (Lipinski definition) is 0. The van der Waals surface area contributed by atoms with Crippen molar-refractivity contribution in [1.29, 1.82) is 0 Å². The van der Waals surface area contributed by atoms with E-state index in [1.54, 1.807) is 24.3 Å². The first kappa shape index (κ1) is 14.5. The summed E-state index contributed by atoms with van der Waals surface area (Å²) in [5.74, 6) is -0.392. The maximum atomic E-state index is 12.3. The smallest absolute Gasteiger partial charge is 0.341 e. The number of pyridine rings is 1. The maximum absolute atomic E-state index is 12.3. The molecule has 0 unspecified atom stereocenters. The van der Waals surface area contributed by atoms with E-state index in [-0.39, 0.29) is 16.2 Å². The summed E-state index contributed by atoms with van der Waals surface area (Å²) >= 11 is 0. The van der Waals surface area contributed by atoms with Gasteiger partial charge < -0.3 is 8.92 Å². The number of aryl methyl sites for hydroxylation is 1. The number of para-hydroxylation sites is 1. The van der Waals surface area contributed by atoms with Crippen molar-refractivity contribution in [3.8, 4) is 17.0 Å². The molecule has 1 aromatic heterocycles. The van der Waals surface area contributed by atoms with Crippen LogP contribution in [0.3, 0.4) is 0 Å². The second kappa shape index (κ2) is 5.10. The van der Waals surface area contributed by atoms with Gasteiger partial charge >= 0.3 is 16.1 Å².